The zero-order valence-electron chi connectivity index (χ0n) is 23.4. The van der Waals surface area contributed by atoms with Crippen LogP contribution in [-0.4, -0.2) is 38.6 Å². The quantitative estimate of drug-likeness (QED) is 0.192. The molecule has 1 saturated carbocycles. The molecular formula is C32H24N4O9. The number of non-ortho nitro benzene ring substituents is 2. The van der Waals surface area contributed by atoms with Crippen molar-refractivity contribution in [2.75, 3.05) is 9.80 Å². The minimum atomic E-state index is -0.968. The fraction of sp³-hybridized carbons (Fsp3) is 0.250. The van der Waals surface area contributed by atoms with E-state index in [4.69, 9.17) is 0 Å². The first kappa shape index (κ1) is 28.1. The fourth-order valence-electron chi connectivity index (χ4n) is 7.69. The van der Waals surface area contributed by atoms with Crippen LogP contribution in [0.3, 0.4) is 0 Å². The number of carbonyl (C=O) groups excluding carboxylic acids is 4. The van der Waals surface area contributed by atoms with E-state index in [1.165, 1.54) is 48.5 Å². The normalized spacial score (nSPS) is 27.2. The minimum absolute atomic E-state index is 0.0448. The van der Waals surface area contributed by atoms with E-state index in [9.17, 15) is 44.5 Å². The SMILES string of the molecule is O=C1C2CC=C3C(CC4C(=O)N(c5cccc([N+](=O)[O-])c5)C(=O)C4C3c3ccccc3O)C2C(=O)N1c1cccc([N+](=O)[O-])c1. The van der Waals surface area contributed by atoms with E-state index < -0.39 is 69.0 Å². The lowest BCUT2D eigenvalue weighted by molar-refractivity contribution is -0.385. The highest BCUT2D eigenvalue weighted by atomic mass is 16.6. The van der Waals surface area contributed by atoms with E-state index in [1.54, 1.807) is 18.2 Å². The highest BCUT2D eigenvalue weighted by Crippen LogP contribution is 2.59. The van der Waals surface area contributed by atoms with Crippen LogP contribution in [0.15, 0.2) is 84.4 Å². The van der Waals surface area contributed by atoms with Crippen LogP contribution in [0, 0.1) is 49.8 Å². The van der Waals surface area contributed by atoms with Crippen molar-refractivity contribution in [3.8, 4) is 5.75 Å². The molecule has 0 aromatic heterocycles. The van der Waals surface area contributed by atoms with Gasteiger partial charge in [0.05, 0.1) is 44.9 Å². The lowest BCUT2D eigenvalue weighted by Crippen LogP contribution is -2.43. The summed E-state index contributed by atoms with van der Waals surface area (Å²) >= 11 is 0. The number of phenols is 1. The standard InChI is InChI=1S/C32H24N4O9/c37-25-10-2-1-9-21(25)26-20-11-12-22-27(31(40)33(29(22)38)16-5-3-7-18(13-16)35(42)43)23(20)15-24-28(26)32(41)34(30(24)39)17-6-4-8-19(14-17)36(44)45/h1-11,13-14,22-24,26-28,37H,12,15H2. The van der Waals surface area contributed by atoms with Gasteiger partial charge in [0.2, 0.25) is 23.6 Å². The van der Waals surface area contributed by atoms with Gasteiger partial charge in [-0.25, -0.2) is 9.80 Å². The van der Waals surface area contributed by atoms with E-state index in [0.29, 0.717) is 11.1 Å². The molecule has 0 spiro atoms. The lowest BCUT2D eigenvalue weighted by atomic mass is 9.57. The number of phenolic OH excluding ortho intramolecular Hbond substituents is 1. The fourth-order valence-corrected chi connectivity index (χ4v) is 7.69. The molecule has 0 radical (unpaired) electrons. The molecule has 0 bridgehead atoms. The molecule has 2 aliphatic heterocycles. The summed E-state index contributed by atoms with van der Waals surface area (Å²) in [6, 6.07) is 16.9. The Hall–Kier alpha value is -5.72. The monoisotopic (exact) mass is 608 g/mol. The molecule has 13 nitrogen and oxygen atoms in total. The van der Waals surface area contributed by atoms with Gasteiger partial charge in [0.25, 0.3) is 11.4 Å². The van der Waals surface area contributed by atoms with Gasteiger partial charge in [-0.2, -0.15) is 0 Å². The number of nitrogens with zero attached hydrogens (tertiary/aromatic N) is 4. The Balaban J connectivity index is 1.32. The van der Waals surface area contributed by atoms with Crippen LogP contribution in [0.5, 0.6) is 5.75 Å². The van der Waals surface area contributed by atoms with Crippen molar-refractivity contribution in [3.63, 3.8) is 0 Å². The number of hydrogen-bond acceptors (Lipinski definition) is 9. The van der Waals surface area contributed by atoms with Gasteiger partial charge in [-0.05, 0) is 37.0 Å². The van der Waals surface area contributed by atoms with Gasteiger partial charge in [0.1, 0.15) is 5.75 Å². The highest BCUT2D eigenvalue weighted by molar-refractivity contribution is 6.24. The second-order valence-electron chi connectivity index (χ2n) is 11.7. The number of anilines is 2. The van der Waals surface area contributed by atoms with Gasteiger partial charge in [-0.1, -0.05) is 42.0 Å². The van der Waals surface area contributed by atoms with Gasteiger partial charge in [0.15, 0.2) is 0 Å². The van der Waals surface area contributed by atoms with Crippen molar-refractivity contribution in [1.29, 1.82) is 0 Å². The maximum absolute atomic E-state index is 14.1. The molecule has 3 fully saturated rings. The lowest BCUT2D eigenvalue weighted by Gasteiger charge is -2.44. The van der Waals surface area contributed by atoms with Crippen LogP contribution in [0.25, 0.3) is 0 Å². The Morgan fingerprint density at radius 2 is 1.22 bits per heavy atom. The van der Waals surface area contributed by atoms with Crippen LogP contribution in [0.4, 0.5) is 22.7 Å². The number of rotatable bonds is 5. The summed E-state index contributed by atoms with van der Waals surface area (Å²) in [6.45, 7) is 0. The predicted molar refractivity (Wildman–Crippen MR) is 157 cm³/mol. The number of aromatic hydroxyl groups is 1. The second-order valence-corrected chi connectivity index (χ2v) is 11.7. The molecule has 2 saturated heterocycles. The molecule has 13 heteroatoms. The predicted octanol–water partition coefficient (Wildman–Crippen LogP) is 4.25. The van der Waals surface area contributed by atoms with Crippen molar-refractivity contribution in [2.24, 2.45) is 29.6 Å². The van der Waals surface area contributed by atoms with Gasteiger partial charge in [-0.15, -0.1) is 0 Å². The first-order valence-electron chi connectivity index (χ1n) is 14.3. The average Bonchev–Trinajstić information content (AvgIpc) is 3.44. The third-order valence-corrected chi connectivity index (χ3v) is 9.52. The number of allylic oxidation sites excluding steroid dienone is 2. The molecule has 2 heterocycles. The molecule has 2 aliphatic carbocycles. The Morgan fingerprint density at radius 3 is 1.80 bits per heavy atom. The number of para-hydroxylation sites is 1. The largest absolute Gasteiger partial charge is 0.508 e. The number of amides is 4. The molecule has 3 aromatic carbocycles. The first-order valence-corrected chi connectivity index (χ1v) is 14.3. The van der Waals surface area contributed by atoms with Crippen LogP contribution in [0.1, 0.15) is 24.3 Å². The number of nitro groups is 2. The molecule has 45 heavy (non-hydrogen) atoms. The van der Waals surface area contributed by atoms with Crippen molar-refractivity contribution in [3.05, 3.63) is 110 Å². The number of imide groups is 2. The van der Waals surface area contributed by atoms with Crippen molar-refractivity contribution < 1.29 is 34.1 Å². The number of fused-ring (bicyclic) bond motifs is 4. The molecule has 4 amide bonds. The highest BCUT2D eigenvalue weighted by Gasteiger charge is 2.62. The van der Waals surface area contributed by atoms with E-state index in [0.717, 1.165) is 15.9 Å². The van der Waals surface area contributed by atoms with Crippen LogP contribution in [-0.2, 0) is 19.2 Å². The molecule has 6 atom stereocenters. The third-order valence-electron chi connectivity index (χ3n) is 9.52. The Bertz CT molecular complexity index is 1890. The average molecular weight is 609 g/mol. The van der Waals surface area contributed by atoms with E-state index in [2.05, 4.69) is 0 Å². The summed E-state index contributed by atoms with van der Waals surface area (Å²) in [7, 11) is 0. The summed E-state index contributed by atoms with van der Waals surface area (Å²) in [5.74, 6) is -7.40. The molecule has 6 unspecified atom stereocenters. The molecule has 3 aromatic rings. The number of benzene rings is 3. The van der Waals surface area contributed by atoms with Gasteiger partial charge < -0.3 is 5.11 Å². The molecular weight excluding hydrogens is 584 g/mol. The van der Waals surface area contributed by atoms with Crippen LogP contribution < -0.4 is 9.80 Å². The van der Waals surface area contributed by atoms with Gasteiger partial charge in [0, 0.05) is 35.7 Å². The van der Waals surface area contributed by atoms with Crippen LogP contribution >= 0.6 is 0 Å². The maximum Gasteiger partial charge on any atom is 0.271 e. The minimum Gasteiger partial charge on any atom is -0.508 e. The topological polar surface area (TPSA) is 181 Å². The van der Waals surface area contributed by atoms with Crippen molar-refractivity contribution in [1.82, 2.24) is 0 Å². The van der Waals surface area contributed by atoms with Crippen LogP contribution in [0.2, 0.25) is 0 Å². The third kappa shape index (κ3) is 4.14. The smallest absolute Gasteiger partial charge is 0.271 e. The molecule has 4 aliphatic rings. The summed E-state index contributed by atoms with van der Waals surface area (Å²) in [5, 5.41) is 33.8. The summed E-state index contributed by atoms with van der Waals surface area (Å²) < 4.78 is 0. The number of carbonyl (C=O) groups is 4. The Kier molecular flexibility index (Phi) is 6.35. The Labute approximate surface area is 254 Å². The summed E-state index contributed by atoms with van der Waals surface area (Å²) in [5.41, 5.74) is 0.585. The van der Waals surface area contributed by atoms with Crippen molar-refractivity contribution in [2.45, 2.75) is 18.8 Å². The molecule has 7 rings (SSSR count). The zero-order chi connectivity index (χ0) is 31.7. The van der Waals surface area contributed by atoms with Gasteiger partial charge >= 0.3 is 0 Å². The molecule has 1 N–H and O–H groups in total. The Morgan fingerprint density at radius 1 is 0.667 bits per heavy atom. The summed E-state index contributed by atoms with van der Waals surface area (Å²) in [4.78, 5) is 79.4. The second kappa shape index (κ2) is 10.2. The number of nitro benzene ring substituents is 2. The van der Waals surface area contributed by atoms with Gasteiger partial charge in [-0.3, -0.25) is 39.4 Å². The maximum atomic E-state index is 14.1. The first-order chi connectivity index (χ1) is 21.6. The molecule has 226 valence electrons. The van der Waals surface area contributed by atoms with E-state index in [1.807, 2.05) is 6.08 Å². The van der Waals surface area contributed by atoms with Crippen molar-refractivity contribution >= 4 is 46.4 Å². The van der Waals surface area contributed by atoms with E-state index in [-0.39, 0.29) is 41.3 Å². The number of hydrogen-bond donors (Lipinski definition) is 1. The summed E-state index contributed by atoms with van der Waals surface area (Å²) in [6.07, 6.45) is 2.03. The van der Waals surface area contributed by atoms with E-state index >= 15 is 0 Å². The zero-order valence-corrected chi connectivity index (χ0v) is 23.4.